The first kappa shape index (κ1) is 10.7. The minimum Gasteiger partial charge on any atom is -0.388 e. The van der Waals surface area contributed by atoms with Gasteiger partial charge in [0.1, 0.15) is 0 Å². The zero-order valence-electron chi connectivity index (χ0n) is 10.2. The van der Waals surface area contributed by atoms with Crippen molar-refractivity contribution < 1.29 is 5.11 Å². The van der Waals surface area contributed by atoms with Crippen molar-refractivity contribution in [1.29, 1.82) is 0 Å². The molecule has 0 saturated heterocycles. The molecule has 1 saturated carbocycles. The summed E-state index contributed by atoms with van der Waals surface area (Å²) in [5.41, 5.74) is 1.25. The highest BCUT2D eigenvalue weighted by Gasteiger charge is 2.50. The number of fused-ring (bicyclic) bond motifs is 1. The Kier molecular flexibility index (Phi) is 2.23. The van der Waals surface area contributed by atoms with Crippen LogP contribution in [0.3, 0.4) is 0 Å². The van der Waals surface area contributed by atoms with Gasteiger partial charge in [-0.1, -0.05) is 38.1 Å². The van der Waals surface area contributed by atoms with Crippen molar-refractivity contribution in [3.05, 3.63) is 42.2 Å². The number of hydrogen-bond donors (Lipinski definition) is 1. The quantitative estimate of drug-likeness (QED) is 0.853. The van der Waals surface area contributed by atoms with Gasteiger partial charge >= 0.3 is 0 Å². The van der Waals surface area contributed by atoms with E-state index in [1.165, 1.54) is 0 Å². The molecule has 0 aliphatic heterocycles. The molecule has 2 aromatic rings. The summed E-state index contributed by atoms with van der Waals surface area (Å²) < 4.78 is 0. The largest absolute Gasteiger partial charge is 0.388 e. The van der Waals surface area contributed by atoms with E-state index in [0.29, 0.717) is 5.92 Å². The Morgan fingerprint density at radius 3 is 2.71 bits per heavy atom. The minimum atomic E-state index is -0.386. The fraction of sp³-hybridized carbons (Fsp3) is 0.400. The second-order valence-corrected chi connectivity index (χ2v) is 5.69. The summed E-state index contributed by atoms with van der Waals surface area (Å²) in [7, 11) is 0. The summed E-state index contributed by atoms with van der Waals surface area (Å²) in [6.07, 6.45) is 4.37. The van der Waals surface area contributed by atoms with Crippen LogP contribution in [-0.2, 0) is 0 Å². The van der Waals surface area contributed by atoms with E-state index in [2.05, 4.69) is 24.9 Å². The van der Waals surface area contributed by atoms with E-state index >= 15 is 0 Å². The number of hydrogen-bond acceptors (Lipinski definition) is 2. The maximum atomic E-state index is 10.5. The predicted molar refractivity (Wildman–Crippen MR) is 68.6 cm³/mol. The van der Waals surface area contributed by atoms with E-state index in [-0.39, 0.29) is 11.5 Å². The van der Waals surface area contributed by atoms with Gasteiger partial charge < -0.3 is 5.11 Å². The van der Waals surface area contributed by atoms with Crippen molar-refractivity contribution in [2.45, 2.75) is 26.4 Å². The van der Waals surface area contributed by atoms with Gasteiger partial charge in [-0.05, 0) is 23.1 Å². The first-order valence-electron chi connectivity index (χ1n) is 6.10. The molecule has 2 unspecified atom stereocenters. The number of pyridine rings is 1. The number of aromatic nitrogens is 1. The molecule has 1 N–H and O–H groups in total. The number of rotatable bonds is 2. The van der Waals surface area contributed by atoms with Crippen molar-refractivity contribution in [2.24, 2.45) is 11.3 Å². The summed E-state index contributed by atoms with van der Waals surface area (Å²) in [6, 6.07) is 8.11. The van der Waals surface area contributed by atoms with E-state index in [9.17, 15) is 5.11 Å². The lowest BCUT2D eigenvalue weighted by Crippen LogP contribution is -2.05. The Balaban J connectivity index is 2.06. The molecule has 17 heavy (non-hydrogen) atoms. The first-order chi connectivity index (χ1) is 8.09. The molecule has 2 heteroatoms. The molecule has 1 aliphatic rings. The van der Waals surface area contributed by atoms with Gasteiger partial charge in [-0.25, -0.2) is 0 Å². The smallest absolute Gasteiger partial charge is 0.0844 e. The molecule has 2 atom stereocenters. The highest BCUT2D eigenvalue weighted by Crippen LogP contribution is 2.58. The zero-order chi connectivity index (χ0) is 12.0. The van der Waals surface area contributed by atoms with E-state index in [0.717, 1.165) is 22.8 Å². The second-order valence-electron chi connectivity index (χ2n) is 5.69. The average molecular weight is 227 g/mol. The maximum Gasteiger partial charge on any atom is 0.0844 e. The van der Waals surface area contributed by atoms with Crippen LogP contribution < -0.4 is 0 Å². The van der Waals surface area contributed by atoms with Crippen LogP contribution in [0.2, 0.25) is 0 Å². The van der Waals surface area contributed by atoms with Crippen LogP contribution >= 0.6 is 0 Å². The standard InChI is InChI=1S/C15H17NO/c1-15(2)7-13(15)14(17)12-9-16-8-10-5-3-4-6-11(10)12/h3-6,8-9,13-14,17H,7H2,1-2H3. The lowest BCUT2D eigenvalue weighted by atomic mass is 9.97. The Bertz CT molecular complexity index is 556. The highest BCUT2D eigenvalue weighted by molar-refractivity contribution is 5.85. The van der Waals surface area contributed by atoms with Gasteiger partial charge in [0.05, 0.1) is 6.10 Å². The monoisotopic (exact) mass is 227 g/mol. The topological polar surface area (TPSA) is 33.1 Å². The van der Waals surface area contributed by atoms with Gasteiger partial charge in [-0.15, -0.1) is 0 Å². The molecular weight excluding hydrogens is 210 g/mol. The number of nitrogens with zero attached hydrogens (tertiary/aromatic N) is 1. The van der Waals surface area contributed by atoms with Gasteiger partial charge in [0.15, 0.2) is 0 Å². The Morgan fingerprint density at radius 2 is 2.00 bits per heavy atom. The van der Waals surface area contributed by atoms with Crippen LogP contribution in [0.5, 0.6) is 0 Å². The molecule has 1 fully saturated rings. The van der Waals surface area contributed by atoms with Crippen molar-refractivity contribution in [2.75, 3.05) is 0 Å². The van der Waals surface area contributed by atoms with Crippen molar-refractivity contribution in [3.8, 4) is 0 Å². The van der Waals surface area contributed by atoms with Crippen LogP contribution in [0.15, 0.2) is 36.7 Å². The van der Waals surface area contributed by atoms with E-state index in [4.69, 9.17) is 0 Å². The van der Waals surface area contributed by atoms with Gasteiger partial charge in [-0.2, -0.15) is 0 Å². The Morgan fingerprint density at radius 1 is 1.29 bits per heavy atom. The van der Waals surface area contributed by atoms with Gasteiger partial charge in [0.25, 0.3) is 0 Å². The van der Waals surface area contributed by atoms with E-state index in [1.54, 1.807) is 6.20 Å². The summed E-state index contributed by atoms with van der Waals surface area (Å²) in [5.74, 6) is 0.370. The average Bonchev–Trinajstić information content (AvgIpc) is 2.97. The summed E-state index contributed by atoms with van der Waals surface area (Å²) in [6.45, 7) is 4.42. The molecule has 1 heterocycles. The lowest BCUT2D eigenvalue weighted by Gasteiger charge is -2.14. The summed E-state index contributed by atoms with van der Waals surface area (Å²) in [4.78, 5) is 4.23. The van der Waals surface area contributed by atoms with Gasteiger partial charge in [0, 0.05) is 23.3 Å². The predicted octanol–water partition coefficient (Wildman–Crippen LogP) is 3.31. The molecule has 88 valence electrons. The van der Waals surface area contributed by atoms with Crippen molar-refractivity contribution in [3.63, 3.8) is 0 Å². The van der Waals surface area contributed by atoms with Crippen molar-refractivity contribution in [1.82, 2.24) is 4.98 Å². The highest BCUT2D eigenvalue weighted by atomic mass is 16.3. The lowest BCUT2D eigenvalue weighted by molar-refractivity contribution is 0.139. The Hall–Kier alpha value is -1.41. The number of aliphatic hydroxyl groups excluding tert-OH is 1. The van der Waals surface area contributed by atoms with Gasteiger partial charge in [-0.3, -0.25) is 4.98 Å². The molecule has 1 aliphatic carbocycles. The molecule has 1 aromatic carbocycles. The normalized spacial score (nSPS) is 23.6. The molecule has 3 rings (SSSR count). The van der Waals surface area contributed by atoms with Gasteiger partial charge in [0.2, 0.25) is 0 Å². The maximum absolute atomic E-state index is 10.5. The SMILES string of the molecule is CC1(C)CC1C(O)c1cncc2ccccc12. The molecule has 0 radical (unpaired) electrons. The van der Waals surface area contributed by atoms with Crippen LogP contribution in [0.25, 0.3) is 10.8 Å². The molecule has 2 nitrogen and oxygen atoms in total. The van der Waals surface area contributed by atoms with E-state index < -0.39 is 0 Å². The molecule has 0 spiro atoms. The molecule has 1 aromatic heterocycles. The number of benzene rings is 1. The van der Waals surface area contributed by atoms with Crippen LogP contribution in [0.1, 0.15) is 31.9 Å². The third-order valence-corrected chi connectivity index (χ3v) is 3.99. The minimum absolute atomic E-state index is 0.274. The first-order valence-corrected chi connectivity index (χ1v) is 6.10. The van der Waals surface area contributed by atoms with Crippen LogP contribution in [0.4, 0.5) is 0 Å². The zero-order valence-corrected chi connectivity index (χ0v) is 10.2. The van der Waals surface area contributed by atoms with Crippen LogP contribution in [0, 0.1) is 11.3 Å². The second kappa shape index (κ2) is 3.54. The van der Waals surface area contributed by atoms with E-state index in [1.807, 2.05) is 24.4 Å². The third kappa shape index (κ3) is 1.73. The number of aliphatic hydroxyl groups is 1. The summed E-state index contributed by atoms with van der Waals surface area (Å²) in [5, 5.41) is 12.7. The fourth-order valence-corrected chi connectivity index (χ4v) is 2.64. The molecule has 0 amide bonds. The molecule has 0 bridgehead atoms. The summed E-state index contributed by atoms with van der Waals surface area (Å²) >= 11 is 0. The molecular formula is C15H17NO. The van der Waals surface area contributed by atoms with Crippen LogP contribution in [-0.4, -0.2) is 10.1 Å². The fourth-order valence-electron chi connectivity index (χ4n) is 2.64. The Labute approximate surface area is 101 Å². The third-order valence-electron chi connectivity index (χ3n) is 3.99. The van der Waals surface area contributed by atoms with Crippen molar-refractivity contribution >= 4 is 10.8 Å².